The van der Waals surface area contributed by atoms with E-state index in [1.54, 1.807) is 16.8 Å². The third-order valence-electron chi connectivity index (χ3n) is 5.34. The van der Waals surface area contributed by atoms with Crippen molar-refractivity contribution in [1.29, 1.82) is 0 Å². The quantitative estimate of drug-likeness (QED) is 0.748. The first-order valence-corrected chi connectivity index (χ1v) is 9.15. The number of nitrogens with zero attached hydrogens (tertiary/aromatic N) is 4. The van der Waals surface area contributed by atoms with Gasteiger partial charge in [-0.3, -0.25) is 9.59 Å². The Morgan fingerprint density at radius 2 is 1.77 bits per heavy atom. The molecule has 0 saturated carbocycles. The highest BCUT2D eigenvalue weighted by atomic mass is 35.5. The summed E-state index contributed by atoms with van der Waals surface area (Å²) in [7, 11) is 0. The maximum atomic E-state index is 12.7. The number of carbonyl (C=O) groups excluding carboxylic acids is 2. The smallest absolute Gasteiger partial charge is 0.258 e. The Morgan fingerprint density at radius 3 is 2.42 bits per heavy atom. The highest BCUT2D eigenvalue weighted by molar-refractivity contribution is 6.42. The topological polar surface area (TPSA) is 77.3 Å². The number of amides is 2. The summed E-state index contributed by atoms with van der Waals surface area (Å²) < 4.78 is 7.30. The van der Waals surface area contributed by atoms with Crippen molar-refractivity contribution >= 4 is 41.0 Å². The second-order valence-corrected chi connectivity index (χ2v) is 7.66. The number of fused-ring (bicyclic) bond motifs is 5. The molecule has 3 fully saturated rings. The molecule has 0 aliphatic carbocycles. The predicted molar refractivity (Wildman–Crippen MR) is 93.0 cm³/mol. The number of hydrogen-bond acceptors (Lipinski definition) is 5. The summed E-state index contributed by atoms with van der Waals surface area (Å²) in [6, 6.07) is 5.29. The SMILES string of the molecule is O=C1[C@@H]2[C@@H](C(=O)N1c1ncn(Cc3ccc(Cl)c(Cl)c3)n1)[C@H]1CC[C@@H]2O1. The maximum Gasteiger partial charge on any atom is 0.258 e. The molecule has 5 rings (SSSR count). The summed E-state index contributed by atoms with van der Waals surface area (Å²) in [6.45, 7) is 0.404. The number of carbonyl (C=O) groups is 2. The van der Waals surface area contributed by atoms with Crippen LogP contribution in [0, 0.1) is 11.8 Å². The van der Waals surface area contributed by atoms with E-state index >= 15 is 0 Å². The molecule has 26 heavy (non-hydrogen) atoms. The van der Waals surface area contributed by atoms with E-state index in [0.29, 0.717) is 16.6 Å². The lowest BCUT2D eigenvalue weighted by molar-refractivity contribution is -0.124. The Bertz CT molecular complexity index is 902. The van der Waals surface area contributed by atoms with Gasteiger partial charge in [0.05, 0.1) is 40.6 Å². The van der Waals surface area contributed by atoms with Crippen LogP contribution in [-0.2, 0) is 20.9 Å². The van der Waals surface area contributed by atoms with Crippen LogP contribution in [0.4, 0.5) is 5.95 Å². The number of rotatable bonds is 3. The second kappa shape index (κ2) is 5.77. The Labute approximate surface area is 158 Å². The van der Waals surface area contributed by atoms with E-state index < -0.39 is 0 Å². The van der Waals surface area contributed by atoms with E-state index in [-0.39, 0.29) is 41.8 Å². The Hall–Kier alpha value is -1.96. The summed E-state index contributed by atoms with van der Waals surface area (Å²) in [4.78, 5) is 30.8. The fraction of sp³-hybridized carbons (Fsp3) is 0.412. The zero-order chi connectivity index (χ0) is 18.0. The highest BCUT2D eigenvalue weighted by Gasteiger charge is 2.63. The van der Waals surface area contributed by atoms with Crippen molar-refractivity contribution in [2.75, 3.05) is 4.90 Å². The minimum Gasteiger partial charge on any atom is -0.373 e. The first kappa shape index (κ1) is 16.2. The summed E-state index contributed by atoms with van der Waals surface area (Å²) in [5.41, 5.74) is 0.887. The molecule has 0 N–H and O–H groups in total. The molecule has 7 nitrogen and oxygen atoms in total. The minimum absolute atomic E-state index is 0.119. The average molecular weight is 393 g/mol. The monoisotopic (exact) mass is 392 g/mol. The van der Waals surface area contributed by atoms with Gasteiger partial charge in [-0.25, -0.2) is 9.58 Å². The van der Waals surface area contributed by atoms with E-state index in [4.69, 9.17) is 27.9 Å². The predicted octanol–water partition coefficient (Wildman–Crippen LogP) is 2.30. The van der Waals surface area contributed by atoms with Crippen LogP contribution < -0.4 is 4.90 Å². The Balaban J connectivity index is 1.39. The summed E-state index contributed by atoms with van der Waals surface area (Å²) >= 11 is 12.0. The van der Waals surface area contributed by atoms with Gasteiger partial charge >= 0.3 is 0 Å². The molecule has 0 radical (unpaired) electrons. The van der Waals surface area contributed by atoms with Crippen molar-refractivity contribution in [2.45, 2.75) is 31.6 Å². The van der Waals surface area contributed by atoms with E-state index in [1.165, 1.54) is 6.33 Å². The van der Waals surface area contributed by atoms with Crippen LogP contribution in [-0.4, -0.2) is 38.8 Å². The molecule has 2 amide bonds. The number of halogens is 2. The number of anilines is 1. The van der Waals surface area contributed by atoms with Crippen LogP contribution in [0.1, 0.15) is 18.4 Å². The first-order valence-electron chi connectivity index (χ1n) is 8.39. The van der Waals surface area contributed by atoms with Gasteiger partial charge in [0.15, 0.2) is 0 Å². The van der Waals surface area contributed by atoms with Crippen LogP contribution in [0.3, 0.4) is 0 Å². The lowest BCUT2D eigenvalue weighted by Gasteiger charge is -2.14. The normalized spacial score (nSPS) is 29.7. The zero-order valence-corrected chi connectivity index (χ0v) is 15.0. The number of hydrogen-bond donors (Lipinski definition) is 0. The van der Waals surface area contributed by atoms with Gasteiger partial charge in [-0.1, -0.05) is 29.3 Å². The molecule has 0 spiro atoms. The van der Waals surface area contributed by atoms with E-state index in [9.17, 15) is 9.59 Å². The fourth-order valence-electron chi connectivity index (χ4n) is 4.20. The second-order valence-electron chi connectivity index (χ2n) is 6.84. The number of aromatic nitrogens is 3. The van der Waals surface area contributed by atoms with Crippen molar-refractivity contribution in [1.82, 2.24) is 14.8 Å². The van der Waals surface area contributed by atoms with Crippen molar-refractivity contribution in [3.8, 4) is 0 Å². The lowest BCUT2D eigenvalue weighted by atomic mass is 9.81. The van der Waals surface area contributed by atoms with E-state index in [0.717, 1.165) is 23.3 Å². The minimum atomic E-state index is -0.386. The Morgan fingerprint density at radius 1 is 1.08 bits per heavy atom. The summed E-state index contributed by atoms with van der Waals surface area (Å²) in [6.07, 6.45) is 2.86. The molecular formula is C17H14Cl2N4O3. The van der Waals surface area contributed by atoms with Gasteiger partial charge in [-0.05, 0) is 30.5 Å². The van der Waals surface area contributed by atoms with Crippen molar-refractivity contribution in [2.24, 2.45) is 11.8 Å². The fourth-order valence-corrected chi connectivity index (χ4v) is 4.52. The number of ether oxygens (including phenoxy) is 1. The summed E-state index contributed by atoms with van der Waals surface area (Å²) in [5, 5.41) is 5.25. The van der Waals surface area contributed by atoms with Crippen LogP contribution in [0.25, 0.3) is 0 Å². The van der Waals surface area contributed by atoms with Crippen LogP contribution in [0.2, 0.25) is 10.0 Å². The van der Waals surface area contributed by atoms with Gasteiger partial charge in [0.25, 0.3) is 5.95 Å². The van der Waals surface area contributed by atoms with E-state index in [2.05, 4.69) is 10.1 Å². The molecule has 1 aromatic heterocycles. The van der Waals surface area contributed by atoms with Crippen molar-refractivity contribution in [3.05, 3.63) is 40.1 Å². The molecular weight excluding hydrogens is 379 g/mol. The molecule has 9 heteroatoms. The molecule has 1 aromatic carbocycles. The summed E-state index contributed by atoms with van der Waals surface area (Å²) in [5.74, 6) is -1.15. The van der Waals surface area contributed by atoms with E-state index in [1.807, 2.05) is 6.07 Å². The molecule has 3 saturated heterocycles. The van der Waals surface area contributed by atoms with Gasteiger partial charge in [-0.15, -0.1) is 5.10 Å². The zero-order valence-electron chi connectivity index (χ0n) is 13.5. The Kier molecular flexibility index (Phi) is 3.60. The molecule has 4 heterocycles. The van der Waals surface area contributed by atoms with Crippen LogP contribution in [0.5, 0.6) is 0 Å². The van der Waals surface area contributed by atoms with Crippen LogP contribution in [0.15, 0.2) is 24.5 Å². The van der Waals surface area contributed by atoms with Gasteiger partial charge in [0, 0.05) is 0 Å². The standard InChI is InChI=1S/C17H14Cl2N4O3/c18-9-2-1-8(5-10(9)19)6-22-7-20-17(21-22)23-15(24)13-11-3-4-12(26-11)14(13)16(23)25/h1-2,5,7,11-14H,3-4,6H2/t11-,12+,13-,14-/m0/s1. The number of imide groups is 1. The molecule has 134 valence electrons. The highest BCUT2D eigenvalue weighted by Crippen LogP contribution is 2.48. The third-order valence-corrected chi connectivity index (χ3v) is 6.08. The van der Waals surface area contributed by atoms with Gasteiger partial charge < -0.3 is 4.74 Å². The number of benzene rings is 1. The molecule has 2 aromatic rings. The van der Waals surface area contributed by atoms with Crippen LogP contribution >= 0.6 is 23.2 Å². The average Bonchev–Trinajstić information content (AvgIpc) is 3.36. The van der Waals surface area contributed by atoms with Gasteiger partial charge in [-0.2, -0.15) is 4.98 Å². The molecule has 3 aliphatic rings. The van der Waals surface area contributed by atoms with Crippen molar-refractivity contribution in [3.63, 3.8) is 0 Å². The van der Waals surface area contributed by atoms with Gasteiger partial charge in [0.2, 0.25) is 11.8 Å². The third kappa shape index (κ3) is 2.31. The maximum absolute atomic E-state index is 12.7. The molecule has 2 bridgehead atoms. The molecule has 4 atom stereocenters. The van der Waals surface area contributed by atoms with Crippen molar-refractivity contribution < 1.29 is 14.3 Å². The molecule has 0 unspecified atom stereocenters. The lowest BCUT2D eigenvalue weighted by Crippen LogP contribution is -2.35. The molecule has 3 aliphatic heterocycles. The first-order chi connectivity index (χ1) is 12.5. The largest absolute Gasteiger partial charge is 0.373 e. The van der Waals surface area contributed by atoms with Gasteiger partial charge in [0.1, 0.15) is 6.33 Å².